The van der Waals surface area contributed by atoms with Crippen molar-refractivity contribution < 1.29 is 14.3 Å². The molecular weight excluding hydrogens is 318 g/mol. The first kappa shape index (κ1) is 17.7. The molecule has 0 spiro atoms. The number of hydrogen-bond acceptors (Lipinski definition) is 4. The van der Waals surface area contributed by atoms with E-state index in [2.05, 4.69) is 5.32 Å². The van der Waals surface area contributed by atoms with E-state index in [1.807, 2.05) is 12.1 Å². The summed E-state index contributed by atoms with van der Waals surface area (Å²) in [5, 5.41) is 2.99. The summed E-state index contributed by atoms with van der Waals surface area (Å²) >= 11 is 0. The molecule has 2 unspecified atom stereocenters. The molecule has 2 fully saturated rings. The molecule has 0 bridgehead atoms. The van der Waals surface area contributed by atoms with Gasteiger partial charge in [-0.05, 0) is 50.3 Å². The van der Waals surface area contributed by atoms with E-state index >= 15 is 0 Å². The molecule has 1 aromatic rings. The van der Waals surface area contributed by atoms with Gasteiger partial charge in [0, 0.05) is 30.6 Å². The highest BCUT2D eigenvalue weighted by Crippen LogP contribution is 2.34. The number of benzene rings is 1. The summed E-state index contributed by atoms with van der Waals surface area (Å²) in [4.78, 5) is 26.5. The maximum atomic E-state index is 12.5. The third-order valence-corrected chi connectivity index (χ3v) is 5.15. The Hall–Kier alpha value is -2.08. The van der Waals surface area contributed by atoms with E-state index < -0.39 is 0 Å². The van der Waals surface area contributed by atoms with Crippen LogP contribution in [0.5, 0.6) is 5.75 Å². The molecule has 0 aromatic heterocycles. The van der Waals surface area contributed by atoms with Crippen LogP contribution >= 0.6 is 0 Å². The molecule has 2 aliphatic rings. The van der Waals surface area contributed by atoms with Crippen molar-refractivity contribution in [1.82, 2.24) is 0 Å². The normalized spacial score (nSPS) is 24.1. The summed E-state index contributed by atoms with van der Waals surface area (Å²) < 4.78 is 5.41. The number of piperidine rings is 1. The third kappa shape index (κ3) is 4.12. The van der Waals surface area contributed by atoms with Gasteiger partial charge in [-0.2, -0.15) is 0 Å². The van der Waals surface area contributed by atoms with Gasteiger partial charge in [0.2, 0.25) is 11.8 Å². The second kappa shape index (κ2) is 7.87. The number of rotatable bonds is 4. The molecule has 1 heterocycles. The van der Waals surface area contributed by atoms with Crippen molar-refractivity contribution in [3.8, 4) is 5.75 Å². The van der Waals surface area contributed by atoms with Crippen LogP contribution in [0.3, 0.4) is 0 Å². The van der Waals surface area contributed by atoms with Crippen LogP contribution in [0.15, 0.2) is 18.2 Å². The van der Waals surface area contributed by atoms with Gasteiger partial charge in [0.05, 0.1) is 12.8 Å². The molecule has 3 N–H and O–H groups in total. The first-order valence-electron chi connectivity index (χ1n) is 9.13. The lowest BCUT2D eigenvalue weighted by Gasteiger charge is -2.29. The molecule has 136 valence electrons. The molecule has 6 heteroatoms. The zero-order valence-electron chi connectivity index (χ0n) is 14.8. The second-order valence-electron chi connectivity index (χ2n) is 7.00. The summed E-state index contributed by atoms with van der Waals surface area (Å²) in [5.74, 6) is 0.723. The minimum Gasteiger partial charge on any atom is -0.495 e. The first-order chi connectivity index (χ1) is 12.1. The number of amides is 2. The molecule has 25 heavy (non-hydrogen) atoms. The van der Waals surface area contributed by atoms with Crippen molar-refractivity contribution in [2.24, 2.45) is 11.7 Å². The number of carbonyl (C=O) groups is 2. The highest BCUT2D eigenvalue weighted by atomic mass is 16.5. The highest BCUT2D eigenvalue weighted by Gasteiger charge is 2.26. The molecule has 0 radical (unpaired) electrons. The lowest BCUT2D eigenvalue weighted by molar-refractivity contribution is -0.121. The summed E-state index contributed by atoms with van der Waals surface area (Å²) in [6.07, 6.45) is 6.07. The summed E-state index contributed by atoms with van der Waals surface area (Å²) in [5.41, 5.74) is 7.41. The van der Waals surface area contributed by atoms with Crippen molar-refractivity contribution in [2.45, 2.75) is 51.0 Å². The van der Waals surface area contributed by atoms with Crippen molar-refractivity contribution in [3.05, 3.63) is 18.2 Å². The van der Waals surface area contributed by atoms with Crippen LogP contribution in [-0.4, -0.2) is 31.5 Å². The predicted octanol–water partition coefficient (Wildman–Crippen LogP) is 2.67. The van der Waals surface area contributed by atoms with E-state index in [0.29, 0.717) is 24.4 Å². The Labute approximate surface area is 148 Å². The number of methoxy groups -OCH3 is 1. The van der Waals surface area contributed by atoms with Crippen molar-refractivity contribution >= 4 is 23.2 Å². The fourth-order valence-electron chi connectivity index (χ4n) is 3.75. The number of nitrogens with one attached hydrogen (secondary N) is 1. The Morgan fingerprint density at radius 3 is 2.84 bits per heavy atom. The average molecular weight is 345 g/mol. The van der Waals surface area contributed by atoms with E-state index in [4.69, 9.17) is 10.5 Å². The zero-order valence-corrected chi connectivity index (χ0v) is 14.8. The monoisotopic (exact) mass is 345 g/mol. The van der Waals surface area contributed by atoms with Crippen molar-refractivity contribution in [1.29, 1.82) is 0 Å². The summed E-state index contributed by atoms with van der Waals surface area (Å²) in [6.45, 7) is 0.685. The van der Waals surface area contributed by atoms with E-state index in [1.54, 1.807) is 18.1 Å². The maximum absolute atomic E-state index is 12.5. The molecule has 1 aliphatic carbocycles. The second-order valence-corrected chi connectivity index (χ2v) is 7.00. The molecule has 6 nitrogen and oxygen atoms in total. The lowest BCUT2D eigenvalue weighted by Crippen LogP contribution is -2.36. The SMILES string of the molecule is COc1ccc(NC(=O)C2CCCC(N)C2)cc1N1CCCCC1=O. The number of nitrogens with two attached hydrogens (primary N) is 1. The fraction of sp³-hybridized carbons (Fsp3) is 0.579. The van der Waals surface area contributed by atoms with Crippen LogP contribution in [0.2, 0.25) is 0 Å². The van der Waals surface area contributed by atoms with Gasteiger partial charge in [0.25, 0.3) is 0 Å². The van der Waals surface area contributed by atoms with Gasteiger partial charge < -0.3 is 20.7 Å². The van der Waals surface area contributed by atoms with Crippen LogP contribution in [-0.2, 0) is 9.59 Å². The summed E-state index contributed by atoms with van der Waals surface area (Å²) in [7, 11) is 1.59. The van der Waals surface area contributed by atoms with Crippen LogP contribution in [0.1, 0.15) is 44.9 Å². The fourth-order valence-corrected chi connectivity index (χ4v) is 3.75. The minimum absolute atomic E-state index is 0.0104. The number of nitrogens with zero attached hydrogens (tertiary/aromatic N) is 1. The smallest absolute Gasteiger partial charge is 0.227 e. The van der Waals surface area contributed by atoms with Gasteiger partial charge in [0.15, 0.2) is 0 Å². The average Bonchev–Trinajstić information content (AvgIpc) is 2.62. The predicted molar refractivity (Wildman–Crippen MR) is 97.8 cm³/mol. The number of ether oxygens (including phenoxy) is 1. The number of hydrogen-bond donors (Lipinski definition) is 2. The topological polar surface area (TPSA) is 84.7 Å². The van der Waals surface area contributed by atoms with Gasteiger partial charge in [0.1, 0.15) is 5.75 Å². The Balaban J connectivity index is 1.77. The highest BCUT2D eigenvalue weighted by molar-refractivity contribution is 5.98. The van der Waals surface area contributed by atoms with Gasteiger partial charge >= 0.3 is 0 Å². The van der Waals surface area contributed by atoms with E-state index in [9.17, 15) is 9.59 Å². The Morgan fingerprint density at radius 2 is 2.12 bits per heavy atom. The van der Waals surface area contributed by atoms with E-state index in [1.165, 1.54) is 0 Å². The first-order valence-corrected chi connectivity index (χ1v) is 9.13. The molecule has 3 rings (SSSR count). The van der Waals surface area contributed by atoms with E-state index in [0.717, 1.165) is 44.2 Å². The van der Waals surface area contributed by atoms with Gasteiger partial charge in [-0.3, -0.25) is 9.59 Å². The molecule has 2 amide bonds. The maximum Gasteiger partial charge on any atom is 0.227 e. The standard InChI is InChI=1S/C19H27N3O3/c1-25-17-9-8-15(12-16(17)22-10-3-2-7-18(22)23)21-19(24)13-5-4-6-14(20)11-13/h8-9,12-14H,2-7,10-11,20H2,1H3,(H,21,24). The molecule has 1 aromatic carbocycles. The van der Waals surface area contributed by atoms with Gasteiger partial charge in [-0.15, -0.1) is 0 Å². The van der Waals surface area contributed by atoms with Crippen LogP contribution in [0.4, 0.5) is 11.4 Å². The molecule has 2 atom stereocenters. The number of anilines is 2. The van der Waals surface area contributed by atoms with Crippen molar-refractivity contribution in [2.75, 3.05) is 23.9 Å². The Bertz CT molecular complexity index is 647. The largest absolute Gasteiger partial charge is 0.495 e. The molecular formula is C19H27N3O3. The van der Waals surface area contributed by atoms with Crippen LogP contribution in [0, 0.1) is 5.92 Å². The number of carbonyl (C=O) groups excluding carboxylic acids is 2. The van der Waals surface area contributed by atoms with Crippen molar-refractivity contribution in [3.63, 3.8) is 0 Å². The summed E-state index contributed by atoms with van der Waals surface area (Å²) in [6, 6.07) is 5.57. The Morgan fingerprint density at radius 1 is 1.28 bits per heavy atom. The zero-order chi connectivity index (χ0) is 17.8. The quantitative estimate of drug-likeness (QED) is 0.878. The molecule has 1 saturated carbocycles. The minimum atomic E-state index is -0.0362. The van der Waals surface area contributed by atoms with E-state index in [-0.39, 0.29) is 23.8 Å². The molecule has 1 saturated heterocycles. The third-order valence-electron chi connectivity index (χ3n) is 5.15. The van der Waals surface area contributed by atoms with Crippen LogP contribution < -0.4 is 20.7 Å². The van der Waals surface area contributed by atoms with Gasteiger partial charge in [-0.1, -0.05) is 6.42 Å². The van der Waals surface area contributed by atoms with Crippen LogP contribution in [0.25, 0.3) is 0 Å². The Kier molecular flexibility index (Phi) is 5.58. The van der Waals surface area contributed by atoms with Gasteiger partial charge in [-0.25, -0.2) is 0 Å². The lowest BCUT2D eigenvalue weighted by atomic mass is 9.85. The molecule has 1 aliphatic heterocycles.